The van der Waals surface area contributed by atoms with Crippen molar-refractivity contribution in [2.24, 2.45) is 0 Å². The van der Waals surface area contributed by atoms with Gasteiger partial charge in [-0.2, -0.15) is 0 Å². The Bertz CT molecular complexity index is 622. The van der Waals surface area contributed by atoms with Crippen molar-refractivity contribution in [3.05, 3.63) is 53.3 Å². The SMILES string of the molecule is CN(c1ccc2c(c1)CCC2)c1cccc(F)c1N. The lowest BCUT2D eigenvalue weighted by Crippen LogP contribution is -2.12. The normalized spacial score (nSPS) is 13.4. The third-order valence-electron chi connectivity index (χ3n) is 3.86. The molecule has 0 aromatic heterocycles. The van der Waals surface area contributed by atoms with E-state index in [1.54, 1.807) is 6.07 Å². The van der Waals surface area contributed by atoms with E-state index in [1.165, 1.54) is 30.0 Å². The molecular formula is C16H17FN2. The van der Waals surface area contributed by atoms with Gasteiger partial charge < -0.3 is 10.6 Å². The summed E-state index contributed by atoms with van der Waals surface area (Å²) in [6.45, 7) is 0. The van der Waals surface area contributed by atoms with Crippen LogP contribution >= 0.6 is 0 Å². The molecule has 19 heavy (non-hydrogen) atoms. The average molecular weight is 256 g/mol. The second kappa shape index (κ2) is 4.57. The van der Waals surface area contributed by atoms with Crippen LogP contribution < -0.4 is 10.6 Å². The number of anilines is 3. The van der Waals surface area contributed by atoms with Crippen LogP contribution in [0, 0.1) is 5.82 Å². The van der Waals surface area contributed by atoms with E-state index in [2.05, 4.69) is 18.2 Å². The van der Waals surface area contributed by atoms with Crippen LogP contribution in [0.5, 0.6) is 0 Å². The van der Waals surface area contributed by atoms with Crippen molar-refractivity contribution in [3.63, 3.8) is 0 Å². The molecule has 3 rings (SSSR count). The fourth-order valence-corrected chi connectivity index (χ4v) is 2.72. The largest absolute Gasteiger partial charge is 0.395 e. The van der Waals surface area contributed by atoms with Crippen molar-refractivity contribution >= 4 is 17.1 Å². The summed E-state index contributed by atoms with van der Waals surface area (Å²) in [7, 11) is 1.92. The van der Waals surface area contributed by atoms with Gasteiger partial charge in [-0.15, -0.1) is 0 Å². The van der Waals surface area contributed by atoms with E-state index < -0.39 is 0 Å². The number of aryl methyl sites for hydroxylation is 2. The van der Waals surface area contributed by atoms with Gasteiger partial charge in [-0.1, -0.05) is 12.1 Å². The first kappa shape index (κ1) is 12.0. The Hall–Kier alpha value is -2.03. The molecule has 0 aliphatic heterocycles. The van der Waals surface area contributed by atoms with E-state index in [-0.39, 0.29) is 11.5 Å². The summed E-state index contributed by atoms with van der Waals surface area (Å²) in [6.07, 6.45) is 3.53. The minimum Gasteiger partial charge on any atom is -0.395 e. The third-order valence-corrected chi connectivity index (χ3v) is 3.86. The molecule has 0 saturated heterocycles. The Balaban J connectivity index is 2.00. The highest BCUT2D eigenvalue weighted by molar-refractivity contribution is 5.75. The van der Waals surface area contributed by atoms with Gasteiger partial charge in [0, 0.05) is 12.7 Å². The second-order valence-corrected chi connectivity index (χ2v) is 5.04. The number of hydrogen-bond acceptors (Lipinski definition) is 2. The Morgan fingerprint density at radius 2 is 1.89 bits per heavy atom. The number of para-hydroxylation sites is 1. The van der Waals surface area contributed by atoms with Gasteiger partial charge in [0.05, 0.1) is 11.4 Å². The van der Waals surface area contributed by atoms with E-state index in [0.717, 1.165) is 12.1 Å². The smallest absolute Gasteiger partial charge is 0.148 e. The zero-order valence-electron chi connectivity index (χ0n) is 11.0. The fraction of sp³-hybridized carbons (Fsp3) is 0.250. The summed E-state index contributed by atoms with van der Waals surface area (Å²) in [5.41, 5.74) is 10.6. The topological polar surface area (TPSA) is 29.3 Å². The Morgan fingerprint density at radius 1 is 1.11 bits per heavy atom. The first-order valence-electron chi connectivity index (χ1n) is 6.56. The van der Waals surface area contributed by atoms with Crippen molar-refractivity contribution in [3.8, 4) is 0 Å². The van der Waals surface area contributed by atoms with E-state index in [4.69, 9.17) is 5.73 Å². The van der Waals surface area contributed by atoms with Gasteiger partial charge >= 0.3 is 0 Å². The minimum absolute atomic E-state index is 0.200. The van der Waals surface area contributed by atoms with Gasteiger partial charge in [0.1, 0.15) is 5.82 Å². The number of fused-ring (bicyclic) bond motifs is 1. The van der Waals surface area contributed by atoms with E-state index in [9.17, 15) is 4.39 Å². The molecule has 0 saturated carbocycles. The summed E-state index contributed by atoms with van der Waals surface area (Å²) in [5, 5.41) is 0. The zero-order chi connectivity index (χ0) is 13.4. The number of rotatable bonds is 2. The average Bonchev–Trinajstić information content (AvgIpc) is 2.88. The lowest BCUT2D eigenvalue weighted by Gasteiger charge is -2.22. The zero-order valence-corrected chi connectivity index (χ0v) is 11.0. The molecule has 2 nitrogen and oxygen atoms in total. The molecule has 98 valence electrons. The van der Waals surface area contributed by atoms with E-state index in [1.807, 2.05) is 18.0 Å². The standard InChI is InChI=1S/C16H17FN2/c1-19(15-7-3-6-14(17)16(15)18)13-9-8-11-4-2-5-12(11)10-13/h3,6-10H,2,4-5,18H2,1H3. The summed E-state index contributed by atoms with van der Waals surface area (Å²) in [4.78, 5) is 1.94. The summed E-state index contributed by atoms with van der Waals surface area (Å²) < 4.78 is 13.5. The van der Waals surface area contributed by atoms with Crippen LogP contribution in [0.2, 0.25) is 0 Å². The van der Waals surface area contributed by atoms with Crippen LogP contribution in [-0.4, -0.2) is 7.05 Å². The van der Waals surface area contributed by atoms with E-state index in [0.29, 0.717) is 5.69 Å². The molecule has 0 spiro atoms. The molecule has 2 aromatic rings. The van der Waals surface area contributed by atoms with Gasteiger partial charge in [0.15, 0.2) is 0 Å². The maximum atomic E-state index is 13.5. The molecule has 0 bridgehead atoms. The molecular weight excluding hydrogens is 239 g/mol. The van der Waals surface area contributed by atoms with Crippen molar-refractivity contribution in [2.45, 2.75) is 19.3 Å². The highest BCUT2D eigenvalue weighted by Crippen LogP contribution is 2.33. The third kappa shape index (κ3) is 2.05. The molecule has 1 aliphatic carbocycles. The highest BCUT2D eigenvalue weighted by atomic mass is 19.1. The summed E-state index contributed by atoms with van der Waals surface area (Å²) >= 11 is 0. The van der Waals surface area contributed by atoms with Crippen LogP contribution in [0.25, 0.3) is 0 Å². The van der Waals surface area contributed by atoms with Crippen LogP contribution in [0.1, 0.15) is 17.5 Å². The molecule has 0 radical (unpaired) electrons. The van der Waals surface area contributed by atoms with Crippen LogP contribution in [0.15, 0.2) is 36.4 Å². The van der Waals surface area contributed by atoms with Gasteiger partial charge in [-0.3, -0.25) is 0 Å². The van der Waals surface area contributed by atoms with Crippen LogP contribution in [0.4, 0.5) is 21.5 Å². The molecule has 0 unspecified atom stereocenters. The number of nitrogens with zero attached hydrogens (tertiary/aromatic N) is 1. The van der Waals surface area contributed by atoms with Gasteiger partial charge in [0.25, 0.3) is 0 Å². The van der Waals surface area contributed by atoms with Gasteiger partial charge in [0.2, 0.25) is 0 Å². The van der Waals surface area contributed by atoms with E-state index >= 15 is 0 Å². The number of nitrogen functional groups attached to an aromatic ring is 1. The van der Waals surface area contributed by atoms with Crippen LogP contribution in [-0.2, 0) is 12.8 Å². The molecule has 0 amide bonds. The van der Waals surface area contributed by atoms with Crippen molar-refractivity contribution in [1.29, 1.82) is 0 Å². The fourth-order valence-electron chi connectivity index (χ4n) is 2.72. The maximum absolute atomic E-state index is 13.5. The quantitative estimate of drug-likeness (QED) is 0.831. The van der Waals surface area contributed by atoms with Gasteiger partial charge in [-0.25, -0.2) is 4.39 Å². The van der Waals surface area contributed by atoms with Crippen LogP contribution in [0.3, 0.4) is 0 Å². The number of halogens is 1. The molecule has 1 aliphatic rings. The molecule has 0 heterocycles. The Labute approximate surface area is 112 Å². The number of nitrogens with two attached hydrogens (primary N) is 1. The Kier molecular flexibility index (Phi) is 2.90. The second-order valence-electron chi connectivity index (χ2n) is 5.04. The molecule has 0 fully saturated rings. The van der Waals surface area contributed by atoms with Crippen molar-refractivity contribution in [2.75, 3.05) is 17.7 Å². The molecule has 0 atom stereocenters. The molecule has 2 aromatic carbocycles. The first-order chi connectivity index (χ1) is 9.16. The lowest BCUT2D eigenvalue weighted by atomic mass is 10.1. The predicted molar refractivity (Wildman–Crippen MR) is 77.3 cm³/mol. The highest BCUT2D eigenvalue weighted by Gasteiger charge is 2.15. The first-order valence-corrected chi connectivity index (χ1v) is 6.56. The van der Waals surface area contributed by atoms with Gasteiger partial charge in [-0.05, 0) is 54.7 Å². The Morgan fingerprint density at radius 3 is 2.74 bits per heavy atom. The molecule has 2 N–H and O–H groups in total. The minimum atomic E-state index is -0.370. The number of hydrogen-bond donors (Lipinski definition) is 1. The predicted octanol–water partition coefficient (Wildman–Crippen LogP) is 3.66. The lowest BCUT2D eigenvalue weighted by molar-refractivity contribution is 0.632. The summed E-state index contributed by atoms with van der Waals surface area (Å²) in [5.74, 6) is -0.370. The van der Waals surface area contributed by atoms with Crippen molar-refractivity contribution < 1.29 is 4.39 Å². The van der Waals surface area contributed by atoms with Crippen molar-refractivity contribution in [1.82, 2.24) is 0 Å². The maximum Gasteiger partial charge on any atom is 0.148 e. The monoisotopic (exact) mass is 256 g/mol. The number of benzene rings is 2. The molecule has 3 heteroatoms. The summed E-state index contributed by atoms with van der Waals surface area (Å²) in [6, 6.07) is 11.3.